The number of fused-ring (bicyclic) bond motifs is 1. The van der Waals surface area contributed by atoms with Crippen molar-refractivity contribution >= 4 is 5.91 Å². The first-order valence-corrected chi connectivity index (χ1v) is 9.63. The summed E-state index contributed by atoms with van der Waals surface area (Å²) in [5.41, 5.74) is 2.18. The van der Waals surface area contributed by atoms with Crippen LogP contribution >= 0.6 is 0 Å². The largest absolute Gasteiger partial charge is 0.493 e. The van der Waals surface area contributed by atoms with Crippen molar-refractivity contribution in [2.75, 3.05) is 39.3 Å². The Kier molecular flexibility index (Phi) is 5.65. The highest BCUT2D eigenvalue weighted by molar-refractivity contribution is 5.78. The van der Waals surface area contributed by atoms with Crippen LogP contribution in [0.15, 0.2) is 48.7 Å². The minimum atomic E-state index is 0.0490. The Morgan fingerprint density at radius 1 is 1.07 bits per heavy atom. The number of rotatable bonds is 5. The summed E-state index contributed by atoms with van der Waals surface area (Å²) in [4.78, 5) is 21.6. The number of piperazine rings is 1. The van der Waals surface area contributed by atoms with Gasteiger partial charge in [0.05, 0.1) is 24.9 Å². The monoisotopic (exact) mass is 366 g/mol. The van der Waals surface area contributed by atoms with Gasteiger partial charge in [0.15, 0.2) is 0 Å². The van der Waals surface area contributed by atoms with Gasteiger partial charge in [-0.05, 0) is 18.2 Å². The summed E-state index contributed by atoms with van der Waals surface area (Å²) < 4.78 is 5.67. The fraction of sp³-hybridized carbons (Fsp3) is 0.429. The molecule has 1 aromatic carbocycles. The van der Waals surface area contributed by atoms with Crippen LogP contribution in [0.25, 0.3) is 0 Å². The zero-order valence-electron chi connectivity index (χ0n) is 15.5. The van der Waals surface area contributed by atoms with E-state index in [9.17, 15) is 4.79 Å². The first-order valence-electron chi connectivity index (χ1n) is 9.63. The molecule has 0 spiro atoms. The molecule has 1 unspecified atom stereocenters. The van der Waals surface area contributed by atoms with Crippen LogP contribution in [0.2, 0.25) is 0 Å². The molecule has 1 saturated heterocycles. The molecule has 2 aliphatic heterocycles. The van der Waals surface area contributed by atoms with Gasteiger partial charge < -0.3 is 10.1 Å². The number of hydrogen-bond donors (Lipinski definition) is 1. The number of benzene rings is 1. The van der Waals surface area contributed by atoms with Gasteiger partial charge in [0.2, 0.25) is 5.91 Å². The molecule has 1 aromatic heterocycles. The van der Waals surface area contributed by atoms with E-state index in [-0.39, 0.29) is 11.9 Å². The minimum absolute atomic E-state index is 0.0490. The summed E-state index contributed by atoms with van der Waals surface area (Å²) in [6.07, 6.45) is 2.66. The van der Waals surface area contributed by atoms with Crippen LogP contribution in [0.4, 0.5) is 0 Å². The van der Waals surface area contributed by atoms with Gasteiger partial charge in [-0.15, -0.1) is 0 Å². The Morgan fingerprint density at radius 2 is 1.85 bits per heavy atom. The maximum atomic E-state index is 12.5. The lowest BCUT2D eigenvalue weighted by Crippen LogP contribution is -2.49. The molecular formula is C21H26N4O2. The first-order chi connectivity index (χ1) is 13.3. The van der Waals surface area contributed by atoms with Crippen molar-refractivity contribution in [3.63, 3.8) is 0 Å². The van der Waals surface area contributed by atoms with Crippen molar-refractivity contribution in [2.45, 2.75) is 19.0 Å². The second-order valence-electron chi connectivity index (χ2n) is 7.17. The molecule has 6 heteroatoms. The number of pyridine rings is 1. The van der Waals surface area contributed by atoms with Crippen molar-refractivity contribution in [1.82, 2.24) is 20.1 Å². The normalized spacial score (nSPS) is 20.5. The third-order valence-electron chi connectivity index (χ3n) is 5.24. The highest BCUT2D eigenvalue weighted by Gasteiger charge is 2.24. The molecule has 0 radical (unpaired) electrons. The van der Waals surface area contributed by atoms with E-state index in [1.807, 2.05) is 42.6 Å². The zero-order chi connectivity index (χ0) is 18.5. The van der Waals surface area contributed by atoms with Crippen LogP contribution in [-0.4, -0.2) is 60.0 Å². The van der Waals surface area contributed by atoms with E-state index in [1.54, 1.807) is 0 Å². The molecule has 1 fully saturated rings. The van der Waals surface area contributed by atoms with E-state index in [0.29, 0.717) is 13.2 Å². The maximum absolute atomic E-state index is 12.5. The molecule has 0 bridgehead atoms. The van der Waals surface area contributed by atoms with Crippen molar-refractivity contribution < 1.29 is 9.53 Å². The molecule has 2 aliphatic rings. The van der Waals surface area contributed by atoms with Crippen LogP contribution < -0.4 is 10.1 Å². The van der Waals surface area contributed by atoms with Crippen LogP contribution in [0.3, 0.4) is 0 Å². The van der Waals surface area contributed by atoms with E-state index >= 15 is 0 Å². The summed E-state index contributed by atoms with van der Waals surface area (Å²) in [5.74, 6) is 0.979. The van der Waals surface area contributed by atoms with Crippen molar-refractivity contribution in [1.29, 1.82) is 0 Å². The van der Waals surface area contributed by atoms with Crippen LogP contribution in [0, 0.1) is 0 Å². The third-order valence-corrected chi connectivity index (χ3v) is 5.24. The zero-order valence-corrected chi connectivity index (χ0v) is 15.5. The molecule has 27 heavy (non-hydrogen) atoms. The van der Waals surface area contributed by atoms with E-state index in [2.05, 4.69) is 26.2 Å². The summed E-state index contributed by atoms with van der Waals surface area (Å²) in [5, 5.41) is 3.19. The average Bonchev–Trinajstić information content (AvgIpc) is 2.71. The molecular weight excluding hydrogens is 340 g/mol. The highest BCUT2D eigenvalue weighted by Crippen LogP contribution is 2.31. The van der Waals surface area contributed by atoms with E-state index in [0.717, 1.165) is 56.2 Å². The molecule has 3 heterocycles. The van der Waals surface area contributed by atoms with Gasteiger partial charge in [0, 0.05) is 50.9 Å². The van der Waals surface area contributed by atoms with E-state index in [4.69, 9.17) is 4.74 Å². The predicted molar refractivity (Wildman–Crippen MR) is 103 cm³/mol. The quantitative estimate of drug-likeness (QED) is 0.875. The molecule has 142 valence electrons. The number of aromatic nitrogens is 1. The number of nitrogens with one attached hydrogen (secondary N) is 1. The van der Waals surface area contributed by atoms with Crippen LogP contribution in [-0.2, 0) is 11.3 Å². The number of carbonyl (C=O) groups is 1. The standard InChI is InChI=1S/C21H26N4O2/c26-21(23-19-8-14-27-20-7-2-1-6-18(19)20)16-25-12-10-24(11-13-25)15-17-5-3-4-9-22-17/h1-7,9,19H,8,10-16H2,(H,23,26). The fourth-order valence-corrected chi connectivity index (χ4v) is 3.76. The predicted octanol–water partition coefficient (Wildman–Crippen LogP) is 1.84. The second kappa shape index (κ2) is 8.50. The lowest BCUT2D eigenvalue weighted by Gasteiger charge is -2.34. The van der Waals surface area contributed by atoms with Crippen molar-refractivity contribution in [3.05, 3.63) is 59.9 Å². The van der Waals surface area contributed by atoms with Gasteiger partial charge in [-0.2, -0.15) is 0 Å². The molecule has 0 aliphatic carbocycles. The van der Waals surface area contributed by atoms with Crippen molar-refractivity contribution in [3.8, 4) is 5.75 Å². The Hall–Kier alpha value is -2.44. The molecule has 6 nitrogen and oxygen atoms in total. The molecule has 1 N–H and O–H groups in total. The van der Waals surface area contributed by atoms with Crippen LogP contribution in [0.1, 0.15) is 23.7 Å². The summed E-state index contributed by atoms with van der Waals surface area (Å²) in [6, 6.07) is 14.0. The molecule has 0 saturated carbocycles. The van der Waals surface area contributed by atoms with E-state index in [1.165, 1.54) is 0 Å². The van der Waals surface area contributed by atoms with Crippen molar-refractivity contribution in [2.24, 2.45) is 0 Å². The third kappa shape index (κ3) is 4.64. The SMILES string of the molecule is O=C(CN1CCN(Cc2ccccn2)CC1)NC1CCOc2ccccc21. The smallest absolute Gasteiger partial charge is 0.234 e. The Balaban J connectivity index is 1.24. The Labute approximate surface area is 160 Å². The number of para-hydroxylation sites is 1. The Morgan fingerprint density at radius 3 is 2.67 bits per heavy atom. The van der Waals surface area contributed by atoms with Gasteiger partial charge in [-0.3, -0.25) is 19.6 Å². The Bertz CT molecular complexity index is 760. The topological polar surface area (TPSA) is 57.7 Å². The summed E-state index contributed by atoms with van der Waals surface area (Å²) in [7, 11) is 0. The minimum Gasteiger partial charge on any atom is -0.493 e. The summed E-state index contributed by atoms with van der Waals surface area (Å²) >= 11 is 0. The fourth-order valence-electron chi connectivity index (χ4n) is 3.76. The van der Waals surface area contributed by atoms with Gasteiger partial charge in [0.1, 0.15) is 5.75 Å². The number of amides is 1. The van der Waals surface area contributed by atoms with Gasteiger partial charge in [-0.1, -0.05) is 24.3 Å². The van der Waals surface area contributed by atoms with E-state index < -0.39 is 0 Å². The number of hydrogen-bond acceptors (Lipinski definition) is 5. The first kappa shape index (κ1) is 17.9. The highest BCUT2D eigenvalue weighted by atomic mass is 16.5. The molecule has 1 amide bonds. The van der Waals surface area contributed by atoms with Crippen LogP contribution in [0.5, 0.6) is 5.75 Å². The molecule has 4 rings (SSSR count). The molecule has 1 atom stereocenters. The molecule has 2 aromatic rings. The van der Waals surface area contributed by atoms with Gasteiger partial charge in [-0.25, -0.2) is 0 Å². The maximum Gasteiger partial charge on any atom is 0.234 e. The van der Waals surface area contributed by atoms with Gasteiger partial charge >= 0.3 is 0 Å². The number of carbonyl (C=O) groups excluding carboxylic acids is 1. The lowest BCUT2D eigenvalue weighted by atomic mass is 10.0. The number of nitrogens with zero attached hydrogens (tertiary/aromatic N) is 3. The number of ether oxygens (including phenoxy) is 1. The summed E-state index contributed by atoms with van der Waals surface area (Å²) in [6.45, 7) is 5.72. The van der Waals surface area contributed by atoms with Gasteiger partial charge in [0.25, 0.3) is 0 Å². The second-order valence-corrected chi connectivity index (χ2v) is 7.17. The average molecular weight is 366 g/mol. The lowest BCUT2D eigenvalue weighted by molar-refractivity contribution is -0.123.